The first-order valence-electron chi connectivity index (χ1n) is 16.0. The van der Waals surface area contributed by atoms with Gasteiger partial charge in [-0.25, -0.2) is 13.2 Å². The molecule has 2 heterocycles. The van der Waals surface area contributed by atoms with Crippen LogP contribution in [-0.2, 0) is 35.6 Å². The Morgan fingerprint density at radius 2 is 1.89 bits per heavy atom. The summed E-state index contributed by atoms with van der Waals surface area (Å²) in [4.78, 5) is 45.1. The number of rotatable bonds is 10. The molecule has 1 saturated heterocycles. The predicted molar refractivity (Wildman–Crippen MR) is 167 cm³/mol. The number of hydrogen-bond donors (Lipinski definition) is 2. The number of carbonyl (C=O) groups is 3. The third-order valence-corrected chi connectivity index (χ3v) is 11.6. The van der Waals surface area contributed by atoms with Crippen LogP contribution in [0.3, 0.4) is 0 Å². The summed E-state index contributed by atoms with van der Waals surface area (Å²) in [6, 6.07) is 6.32. The van der Waals surface area contributed by atoms with Crippen molar-refractivity contribution >= 4 is 27.9 Å². The molecule has 2 N–H and O–H groups in total. The zero-order valence-corrected chi connectivity index (χ0v) is 27.3. The van der Waals surface area contributed by atoms with Gasteiger partial charge in [-0.05, 0) is 70.1 Å². The molecule has 4 amide bonds. The molecule has 0 unspecified atom stereocenters. The van der Waals surface area contributed by atoms with Crippen molar-refractivity contribution < 1.29 is 37.0 Å². The van der Waals surface area contributed by atoms with Gasteiger partial charge in [0.05, 0.1) is 18.0 Å². The van der Waals surface area contributed by atoms with E-state index in [9.17, 15) is 22.8 Å². The fourth-order valence-corrected chi connectivity index (χ4v) is 7.36. The summed E-state index contributed by atoms with van der Waals surface area (Å²) in [6.07, 6.45) is 8.27. The monoisotopic (exact) mass is 646 g/mol. The van der Waals surface area contributed by atoms with E-state index in [0.29, 0.717) is 32.5 Å². The standard InChI is InChI=1S/C32H46N4O8S/c1-4-43-22-44-26-18-27-28(37)33-32(29(38)34-45(40,41)31(2)15-16-31)19-24(32)10-8-6-5-7-9-17-35(30(39)36(27)21-26)20-23-11-13-25(42-3)14-12-23/h8,10-14,24,26-27H,4-7,9,15-22H2,1-3H3,(H,33,37)(H,34,38)/b10-8-/t24-,26-,27+,32-/m1/s1. The largest absolute Gasteiger partial charge is 0.497 e. The summed E-state index contributed by atoms with van der Waals surface area (Å²) < 4.78 is 43.8. The highest BCUT2D eigenvalue weighted by Gasteiger charge is 2.63. The van der Waals surface area contributed by atoms with Crippen LogP contribution in [-0.4, -0.2) is 92.1 Å². The molecule has 1 aromatic carbocycles. The molecule has 248 valence electrons. The van der Waals surface area contributed by atoms with Gasteiger partial charge in [-0.15, -0.1) is 0 Å². The number of allylic oxidation sites excluding steroid dienone is 1. The van der Waals surface area contributed by atoms with Gasteiger partial charge in [0.15, 0.2) is 0 Å². The van der Waals surface area contributed by atoms with Gasteiger partial charge < -0.3 is 29.3 Å². The van der Waals surface area contributed by atoms with E-state index in [1.54, 1.807) is 18.9 Å². The summed E-state index contributed by atoms with van der Waals surface area (Å²) >= 11 is 0. The molecule has 0 radical (unpaired) electrons. The molecular formula is C32H46N4O8S. The molecule has 4 atom stereocenters. The van der Waals surface area contributed by atoms with Gasteiger partial charge >= 0.3 is 6.03 Å². The Balaban J connectivity index is 1.41. The van der Waals surface area contributed by atoms with E-state index < -0.39 is 44.3 Å². The van der Waals surface area contributed by atoms with E-state index >= 15 is 0 Å². The van der Waals surface area contributed by atoms with Gasteiger partial charge in [0.25, 0.3) is 5.91 Å². The lowest BCUT2D eigenvalue weighted by molar-refractivity contribution is -0.131. The Morgan fingerprint density at radius 3 is 2.58 bits per heavy atom. The van der Waals surface area contributed by atoms with E-state index in [0.717, 1.165) is 37.0 Å². The highest BCUT2D eigenvalue weighted by atomic mass is 32.2. The molecule has 2 saturated carbocycles. The maximum Gasteiger partial charge on any atom is 0.321 e. The molecule has 4 aliphatic rings. The number of methoxy groups -OCH3 is 1. The van der Waals surface area contributed by atoms with Gasteiger partial charge in [0.2, 0.25) is 15.9 Å². The lowest BCUT2D eigenvalue weighted by atomic mass is 10.1. The zero-order valence-electron chi connectivity index (χ0n) is 26.5. The third kappa shape index (κ3) is 7.47. The maximum atomic E-state index is 14.2. The van der Waals surface area contributed by atoms with Gasteiger partial charge in [0.1, 0.15) is 24.1 Å². The first-order chi connectivity index (χ1) is 21.5. The van der Waals surface area contributed by atoms with Crippen LogP contribution in [0.5, 0.6) is 5.75 Å². The molecule has 45 heavy (non-hydrogen) atoms. The van der Waals surface area contributed by atoms with Crippen molar-refractivity contribution in [3.05, 3.63) is 42.0 Å². The van der Waals surface area contributed by atoms with Crippen LogP contribution in [0.2, 0.25) is 0 Å². The van der Waals surface area contributed by atoms with E-state index in [2.05, 4.69) is 10.0 Å². The number of ether oxygens (including phenoxy) is 3. The Bertz CT molecular complexity index is 1380. The van der Waals surface area contributed by atoms with E-state index in [1.165, 1.54) is 4.90 Å². The molecule has 2 aliphatic carbocycles. The van der Waals surface area contributed by atoms with Crippen LogP contribution in [0.25, 0.3) is 0 Å². The van der Waals surface area contributed by atoms with Crippen LogP contribution in [0, 0.1) is 5.92 Å². The highest BCUT2D eigenvalue weighted by molar-refractivity contribution is 7.91. The van der Waals surface area contributed by atoms with Crippen molar-refractivity contribution in [1.29, 1.82) is 0 Å². The molecule has 3 fully saturated rings. The lowest BCUT2D eigenvalue weighted by Crippen LogP contribution is -2.58. The first kappa shape index (κ1) is 33.2. The smallest absolute Gasteiger partial charge is 0.321 e. The molecule has 12 nitrogen and oxygen atoms in total. The second-order valence-electron chi connectivity index (χ2n) is 12.8. The fraction of sp³-hybridized carbons (Fsp3) is 0.656. The zero-order chi connectivity index (χ0) is 32.2. The quantitative estimate of drug-likeness (QED) is 0.224. The molecule has 0 aromatic heterocycles. The van der Waals surface area contributed by atoms with E-state index in [-0.39, 0.29) is 38.1 Å². The van der Waals surface area contributed by atoms with Crippen molar-refractivity contribution in [3.63, 3.8) is 0 Å². The second kappa shape index (κ2) is 13.7. The van der Waals surface area contributed by atoms with Gasteiger partial charge in [-0.3, -0.25) is 14.3 Å². The van der Waals surface area contributed by atoms with Crippen molar-refractivity contribution in [2.75, 3.05) is 33.6 Å². The third-order valence-electron chi connectivity index (χ3n) is 9.47. The average Bonchev–Trinajstić information content (AvgIpc) is 3.89. The van der Waals surface area contributed by atoms with Crippen LogP contribution in [0.1, 0.15) is 70.8 Å². The molecular weight excluding hydrogens is 600 g/mol. The van der Waals surface area contributed by atoms with Crippen molar-refractivity contribution in [2.24, 2.45) is 5.92 Å². The van der Waals surface area contributed by atoms with Crippen molar-refractivity contribution in [2.45, 2.75) is 94.2 Å². The van der Waals surface area contributed by atoms with Gasteiger partial charge in [-0.2, -0.15) is 0 Å². The highest BCUT2D eigenvalue weighted by Crippen LogP contribution is 2.47. The van der Waals surface area contributed by atoms with E-state index in [1.807, 2.05) is 43.3 Å². The number of amides is 4. The second-order valence-corrected chi connectivity index (χ2v) is 15.0. The molecule has 2 aliphatic heterocycles. The average molecular weight is 647 g/mol. The molecule has 0 bridgehead atoms. The van der Waals surface area contributed by atoms with Crippen LogP contribution in [0.4, 0.5) is 4.79 Å². The van der Waals surface area contributed by atoms with Crippen LogP contribution in [0.15, 0.2) is 36.4 Å². The maximum absolute atomic E-state index is 14.2. The summed E-state index contributed by atoms with van der Waals surface area (Å²) in [5, 5.41) is 2.91. The minimum atomic E-state index is -3.91. The van der Waals surface area contributed by atoms with Crippen molar-refractivity contribution in [3.8, 4) is 5.75 Å². The molecule has 13 heteroatoms. The summed E-state index contributed by atoms with van der Waals surface area (Å²) in [5.74, 6) is -0.873. The normalized spacial score (nSPS) is 29.0. The molecule has 5 rings (SSSR count). The number of sulfonamides is 1. The Hall–Kier alpha value is -3.16. The number of benzene rings is 1. The molecule has 0 spiro atoms. The topological polar surface area (TPSA) is 144 Å². The summed E-state index contributed by atoms with van der Waals surface area (Å²) in [5.41, 5.74) is -0.482. The minimum Gasteiger partial charge on any atom is -0.497 e. The number of carbonyl (C=O) groups excluding carboxylic acids is 3. The first-order valence-corrected chi connectivity index (χ1v) is 17.4. The van der Waals surface area contributed by atoms with Gasteiger partial charge in [0, 0.05) is 38.6 Å². The fourth-order valence-electron chi connectivity index (χ4n) is 6.05. The van der Waals surface area contributed by atoms with Gasteiger partial charge in [-0.1, -0.05) is 30.7 Å². The Morgan fingerprint density at radius 1 is 1.13 bits per heavy atom. The Labute approximate surface area is 265 Å². The van der Waals surface area contributed by atoms with Crippen molar-refractivity contribution in [1.82, 2.24) is 19.8 Å². The number of nitrogens with one attached hydrogen (secondary N) is 2. The number of fused-ring (bicyclic) bond motifs is 2. The van der Waals surface area contributed by atoms with E-state index in [4.69, 9.17) is 14.2 Å². The predicted octanol–water partition coefficient (Wildman–Crippen LogP) is 3.07. The summed E-state index contributed by atoms with van der Waals surface area (Å²) in [6.45, 7) is 5.00. The number of urea groups is 1. The SMILES string of the molecule is CCOCO[C@@H]1C[C@H]2C(=O)N[C@]3(C(=O)NS(=O)(=O)C4(C)CC4)C[C@H]3/C=C\CCCCCN(Cc3ccc(OC)cc3)C(=O)N2C1. The number of nitrogens with zero attached hydrogens (tertiary/aromatic N) is 2. The van der Waals surface area contributed by atoms with Crippen LogP contribution < -0.4 is 14.8 Å². The summed E-state index contributed by atoms with van der Waals surface area (Å²) in [7, 11) is -2.31. The molecule has 1 aromatic rings. The lowest BCUT2D eigenvalue weighted by Gasteiger charge is -2.32. The Kier molecular flexibility index (Phi) is 10.1. The van der Waals surface area contributed by atoms with Crippen LogP contribution >= 0.6 is 0 Å². The number of hydrogen-bond acceptors (Lipinski definition) is 8. The minimum absolute atomic E-state index is 0.0307.